The number of ketones is 1. The Kier molecular flexibility index (Phi) is 7.43. The van der Waals surface area contributed by atoms with Crippen LogP contribution < -0.4 is 4.31 Å². The number of aryl methyl sites for hydroxylation is 1. The minimum atomic E-state index is -4.03. The van der Waals surface area contributed by atoms with Gasteiger partial charge in [0.05, 0.1) is 47.1 Å². The van der Waals surface area contributed by atoms with Gasteiger partial charge < -0.3 is 9.30 Å². The van der Waals surface area contributed by atoms with Gasteiger partial charge in [-0.05, 0) is 54.6 Å². The van der Waals surface area contributed by atoms with E-state index in [0.717, 1.165) is 18.5 Å². The van der Waals surface area contributed by atoms with Crippen LogP contribution in [0.15, 0.2) is 83.9 Å². The lowest BCUT2D eigenvalue weighted by Gasteiger charge is -2.31. The Labute approximate surface area is 243 Å². The maximum Gasteiger partial charge on any atom is 0.266 e. The van der Waals surface area contributed by atoms with Crippen LogP contribution in [0.2, 0.25) is 0 Å². The smallest absolute Gasteiger partial charge is 0.266 e. The number of aromatic nitrogens is 3. The fourth-order valence-corrected chi connectivity index (χ4v) is 6.84. The van der Waals surface area contributed by atoms with Crippen LogP contribution in [0.5, 0.6) is 0 Å². The summed E-state index contributed by atoms with van der Waals surface area (Å²) in [5.41, 5.74) is 2.90. The second kappa shape index (κ2) is 11.3. The van der Waals surface area contributed by atoms with Crippen LogP contribution in [0.1, 0.15) is 21.7 Å². The van der Waals surface area contributed by atoms with Gasteiger partial charge in [-0.25, -0.2) is 13.4 Å². The molecule has 1 saturated heterocycles. The molecule has 1 aliphatic rings. The molecule has 0 aliphatic carbocycles. The van der Waals surface area contributed by atoms with Crippen molar-refractivity contribution < 1.29 is 17.9 Å². The largest absolute Gasteiger partial charge is 0.379 e. The number of carbonyl (C=O) groups excluding carboxylic acids is 1. The molecule has 0 unspecified atom stereocenters. The van der Waals surface area contributed by atoms with Gasteiger partial charge in [0.15, 0.2) is 5.82 Å². The molecule has 212 valence electrons. The molecule has 42 heavy (non-hydrogen) atoms. The molecular formula is C31H28N6O4S. The Bertz CT molecular complexity index is 1940. The third-order valence-electron chi connectivity index (χ3n) is 7.52. The van der Waals surface area contributed by atoms with Crippen LogP contribution in [-0.4, -0.2) is 73.0 Å². The Morgan fingerprint density at radius 3 is 2.57 bits per heavy atom. The number of imidazole rings is 1. The zero-order valence-electron chi connectivity index (χ0n) is 23.0. The average Bonchev–Trinajstić information content (AvgIpc) is 3.36. The van der Waals surface area contributed by atoms with Gasteiger partial charge in [0, 0.05) is 50.4 Å². The lowest BCUT2D eigenvalue weighted by Crippen LogP contribution is -2.43. The predicted molar refractivity (Wildman–Crippen MR) is 159 cm³/mol. The monoisotopic (exact) mass is 580 g/mol. The van der Waals surface area contributed by atoms with Gasteiger partial charge in [-0.15, -0.1) is 0 Å². The van der Waals surface area contributed by atoms with Crippen LogP contribution in [0.25, 0.3) is 21.9 Å². The first-order valence-corrected chi connectivity index (χ1v) is 15.0. The van der Waals surface area contributed by atoms with Crippen molar-refractivity contribution in [3.8, 4) is 6.07 Å². The zero-order chi connectivity index (χ0) is 29.3. The van der Waals surface area contributed by atoms with Gasteiger partial charge in [-0.2, -0.15) is 5.26 Å². The molecule has 0 radical (unpaired) electrons. The maximum absolute atomic E-state index is 14.3. The summed E-state index contributed by atoms with van der Waals surface area (Å²) in [6.07, 6.45) is 1.59. The van der Waals surface area contributed by atoms with Crippen LogP contribution in [0.4, 0.5) is 5.69 Å². The number of morpholine rings is 1. The highest BCUT2D eigenvalue weighted by molar-refractivity contribution is 7.93. The zero-order valence-corrected chi connectivity index (χ0v) is 23.8. The van der Waals surface area contributed by atoms with Gasteiger partial charge in [0.25, 0.3) is 10.0 Å². The topological polar surface area (TPSA) is 121 Å². The van der Waals surface area contributed by atoms with Gasteiger partial charge in [0.2, 0.25) is 5.78 Å². The van der Waals surface area contributed by atoms with Crippen LogP contribution in [-0.2, 0) is 21.8 Å². The van der Waals surface area contributed by atoms with Crippen LogP contribution >= 0.6 is 0 Å². The molecular weight excluding hydrogens is 552 g/mol. The summed E-state index contributed by atoms with van der Waals surface area (Å²) in [4.78, 5) is 24.6. The molecule has 2 aromatic heterocycles. The molecule has 5 aromatic rings. The molecule has 0 saturated carbocycles. The summed E-state index contributed by atoms with van der Waals surface area (Å²) in [7, 11) is -2.28. The first-order valence-electron chi connectivity index (χ1n) is 13.5. The molecule has 3 aromatic carbocycles. The molecule has 11 heteroatoms. The lowest BCUT2D eigenvalue weighted by molar-refractivity contribution is 0.0395. The molecule has 0 N–H and O–H groups in total. The minimum absolute atomic E-state index is 0.125. The van der Waals surface area contributed by atoms with E-state index in [0.29, 0.717) is 53.1 Å². The van der Waals surface area contributed by atoms with Crippen molar-refractivity contribution in [3.63, 3.8) is 0 Å². The molecule has 3 heterocycles. The van der Waals surface area contributed by atoms with Crippen molar-refractivity contribution in [2.24, 2.45) is 7.05 Å². The number of para-hydroxylation sites is 1. The number of ether oxygens (including phenoxy) is 1. The number of hydrogen-bond acceptors (Lipinski definition) is 8. The van der Waals surface area contributed by atoms with Crippen LogP contribution in [0, 0.1) is 11.3 Å². The second-order valence-corrected chi connectivity index (χ2v) is 11.9. The Balaban J connectivity index is 1.41. The number of hydrogen-bond donors (Lipinski definition) is 0. The lowest BCUT2D eigenvalue weighted by atomic mass is 10.1. The Morgan fingerprint density at radius 1 is 1.05 bits per heavy atom. The summed E-state index contributed by atoms with van der Waals surface area (Å²) in [6, 6.07) is 22.4. The fourth-order valence-electron chi connectivity index (χ4n) is 5.22. The van der Waals surface area contributed by atoms with E-state index in [1.807, 2.05) is 18.2 Å². The molecule has 0 spiro atoms. The highest BCUT2D eigenvalue weighted by Gasteiger charge is 2.29. The Hall–Kier alpha value is -4.63. The number of carbonyl (C=O) groups is 1. The Morgan fingerprint density at radius 2 is 1.81 bits per heavy atom. The number of fused-ring (bicyclic) bond motifs is 2. The number of nitrogens with zero attached hydrogens (tertiary/aromatic N) is 6. The second-order valence-electron chi connectivity index (χ2n) is 10.0. The quantitative estimate of drug-likeness (QED) is 0.255. The molecule has 10 nitrogen and oxygen atoms in total. The van der Waals surface area contributed by atoms with E-state index in [-0.39, 0.29) is 23.0 Å². The number of pyridine rings is 1. The third kappa shape index (κ3) is 5.12. The van der Waals surface area contributed by atoms with Gasteiger partial charge in [-0.1, -0.05) is 18.2 Å². The van der Waals surface area contributed by atoms with E-state index in [4.69, 9.17) is 10.00 Å². The minimum Gasteiger partial charge on any atom is -0.379 e. The van der Waals surface area contributed by atoms with Gasteiger partial charge in [-0.3, -0.25) is 19.0 Å². The van der Waals surface area contributed by atoms with Crippen molar-refractivity contribution in [2.45, 2.75) is 4.90 Å². The molecule has 6 rings (SSSR count). The van der Waals surface area contributed by atoms with Crippen molar-refractivity contribution in [2.75, 3.05) is 43.7 Å². The van der Waals surface area contributed by atoms with E-state index in [1.54, 1.807) is 78.5 Å². The molecule has 0 amide bonds. The predicted octanol–water partition coefficient (Wildman–Crippen LogP) is 3.75. The fraction of sp³-hybridized carbons (Fsp3) is 0.226. The maximum atomic E-state index is 14.3. The molecule has 1 fully saturated rings. The first-order chi connectivity index (χ1) is 20.4. The summed E-state index contributed by atoms with van der Waals surface area (Å²) in [5.74, 6) is -0.0776. The first kappa shape index (κ1) is 27.5. The van der Waals surface area contributed by atoms with Crippen molar-refractivity contribution in [3.05, 3.63) is 95.9 Å². The van der Waals surface area contributed by atoms with Gasteiger partial charge >= 0.3 is 0 Å². The summed E-state index contributed by atoms with van der Waals surface area (Å²) in [6.45, 7) is 3.39. The number of sulfonamides is 1. The number of anilines is 1. The van der Waals surface area contributed by atoms with Crippen molar-refractivity contribution in [1.82, 2.24) is 19.4 Å². The third-order valence-corrected chi connectivity index (χ3v) is 9.38. The van der Waals surface area contributed by atoms with E-state index < -0.39 is 10.0 Å². The molecule has 1 aliphatic heterocycles. The van der Waals surface area contributed by atoms with E-state index in [1.165, 1.54) is 4.31 Å². The number of nitriles is 1. The summed E-state index contributed by atoms with van der Waals surface area (Å²) >= 11 is 0. The van der Waals surface area contributed by atoms with Crippen molar-refractivity contribution in [1.29, 1.82) is 5.26 Å². The summed E-state index contributed by atoms with van der Waals surface area (Å²) < 4.78 is 37.2. The van der Waals surface area contributed by atoms with E-state index in [9.17, 15) is 13.2 Å². The van der Waals surface area contributed by atoms with E-state index >= 15 is 0 Å². The van der Waals surface area contributed by atoms with Crippen molar-refractivity contribution >= 4 is 43.4 Å². The van der Waals surface area contributed by atoms with Crippen LogP contribution in [0.3, 0.4) is 0 Å². The highest BCUT2D eigenvalue weighted by Crippen LogP contribution is 2.30. The molecule has 0 bridgehead atoms. The normalized spacial score (nSPS) is 14.2. The average molecular weight is 581 g/mol. The van der Waals surface area contributed by atoms with E-state index in [2.05, 4.69) is 14.9 Å². The SMILES string of the molecule is Cn1c(C(=O)c2ccc(C#N)cc2)nc2cc(N(CCN3CCOCC3)S(=O)(=O)c3cccc4cccnc34)ccc21. The molecule has 0 atom stereocenters. The highest BCUT2D eigenvalue weighted by atomic mass is 32.2. The van der Waals surface area contributed by atoms with Gasteiger partial charge in [0.1, 0.15) is 4.90 Å². The summed E-state index contributed by atoms with van der Waals surface area (Å²) in [5, 5.41) is 9.81. The number of rotatable bonds is 8. The standard InChI is InChI=1S/C31H28N6O4S/c1-35-27-12-11-25(20-26(27)34-31(35)30(38)24-9-7-22(21-32)8-10-24)37(15-14-36-16-18-41-19-17-36)42(39,40)28-6-2-4-23-5-3-13-33-29(23)28/h2-13,20H,14-19H2,1H3. The number of benzene rings is 3.